The molecule has 0 unspecified atom stereocenters. The van der Waals surface area contributed by atoms with E-state index in [2.05, 4.69) is 20.0 Å². The standard InChI is InChI=1S/C14H12F3N3O2/c1-8-2-3-18-5-10(8)7-19-12(21)9-4-11(15)13(20-6-9)22-14(16)17/h2-6,14H,7H2,1H3,(H,19,21). The Balaban J connectivity index is 2.04. The van der Waals surface area contributed by atoms with E-state index in [9.17, 15) is 18.0 Å². The zero-order chi connectivity index (χ0) is 16.1. The lowest BCUT2D eigenvalue weighted by molar-refractivity contribution is -0.0553. The molecular formula is C14H12F3N3O2. The van der Waals surface area contributed by atoms with Crippen molar-refractivity contribution in [2.45, 2.75) is 20.1 Å². The van der Waals surface area contributed by atoms with Crippen LogP contribution in [-0.4, -0.2) is 22.5 Å². The van der Waals surface area contributed by atoms with Gasteiger partial charge in [0.05, 0.1) is 5.56 Å². The number of nitrogens with zero attached hydrogens (tertiary/aromatic N) is 2. The van der Waals surface area contributed by atoms with Crippen molar-refractivity contribution in [1.82, 2.24) is 15.3 Å². The molecule has 2 aromatic heterocycles. The molecule has 0 aliphatic heterocycles. The molecule has 22 heavy (non-hydrogen) atoms. The number of rotatable bonds is 5. The van der Waals surface area contributed by atoms with Gasteiger partial charge in [-0.15, -0.1) is 0 Å². The third kappa shape index (κ3) is 3.94. The third-order valence-corrected chi connectivity index (χ3v) is 2.86. The number of hydrogen-bond donors (Lipinski definition) is 1. The molecule has 116 valence electrons. The Hall–Kier alpha value is -2.64. The van der Waals surface area contributed by atoms with Gasteiger partial charge in [-0.1, -0.05) is 0 Å². The number of carbonyl (C=O) groups is 1. The fourth-order valence-corrected chi connectivity index (χ4v) is 1.68. The summed E-state index contributed by atoms with van der Waals surface area (Å²) in [5.74, 6) is -2.57. The topological polar surface area (TPSA) is 64.1 Å². The quantitative estimate of drug-likeness (QED) is 0.921. The first-order valence-corrected chi connectivity index (χ1v) is 6.25. The van der Waals surface area contributed by atoms with Crippen LogP contribution in [0.2, 0.25) is 0 Å². The average molecular weight is 311 g/mol. The van der Waals surface area contributed by atoms with Gasteiger partial charge in [0.15, 0.2) is 5.82 Å². The van der Waals surface area contributed by atoms with Crippen LogP contribution in [0.25, 0.3) is 0 Å². The molecule has 0 fully saturated rings. The van der Waals surface area contributed by atoms with E-state index in [1.807, 2.05) is 6.92 Å². The monoisotopic (exact) mass is 311 g/mol. The molecule has 2 rings (SSSR count). The number of aromatic nitrogens is 2. The summed E-state index contributed by atoms with van der Waals surface area (Å²) in [5.41, 5.74) is 1.66. The van der Waals surface area contributed by atoms with Crippen LogP contribution in [0.1, 0.15) is 21.5 Å². The van der Waals surface area contributed by atoms with E-state index in [1.165, 1.54) is 0 Å². The second kappa shape index (κ2) is 6.88. The zero-order valence-corrected chi connectivity index (χ0v) is 11.5. The highest BCUT2D eigenvalue weighted by Crippen LogP contribution is 2.17. The lowest BCUT2D eigenvalue weighted by Gasteiger charge is -2.08. The predicted octanol–water partition coefficient (Wildman–Crippen LogP) is 2.46. The largest absolute Gasteiger partial charge is 0.414 e. The minimum Gasteiger partial charge on any atom is -0.414 e. The highest BCUT2D eigenvalue weighted by atomic mass is 19.3. The SMILES string of the molecule is Cc1ccncc1CNC(=O)c1cnc(OC(F)F)c(F)c1. The first-order valence-electron chi connectivity index (χ1n) is 6.25. The molecule has 0 saturated carbocycles. The van der Waals surface area contributed by atoms with Crippen LogP contribution in [0.3, 0.4) is 0 Å². The maximum atomic E-state index is 13.5. The van der Waals surface area contributed by atoms with E-state index in [-0.39, 0.29) is 12.1 Å². The van der Waals surface area contributed by atoms with Gasteiger partial charge in [0.2, 0.25) is 0 Å². The Morgan fingerprint density at radius 2 is 2.18 bits per heavy atom. The number of ether oxygens (including phenoxy) is 1. The molecule has 5 nitrogen and oxygen atoms in total. The predicted molar refractivity (Wildman–Crippen MR) is 71.0 cm³/mol. The molecule has 0 saturated heterocycles. The van der Waals surface area contributed by atoms with E-state index < -0.39 is 24.2 Å². The van der Waals surface area contributed by atoms with Crippen molar-refractivity contribution in [3.8, 4) is 5.88 Å². The van der Waals surface area contributed by atoms with Gasteiger partial charge < -0.3 is 10.1 Å². The Morgan fingerprint density at radius 1 is 1.41 bits per heavy atom. The third-order valence-electron chi connectivity index (χ3n) is 2.86. The van der Waals surface area contributed by atoms with Crippen LogP contribution in [0.5, 0.6) is 5.88 Å². The first kappa shape index (κ1) is 15.7. The molecular weight excluding hydrogens is 299 g/mol. The van der Waals surface area contributed by atoms with Crippen LogP contribution in [0.15, 0.2) is 30.7 Å². The summed E-state index contributed by atoms with van der Waals surface area (Å²) in [7, 11) is 0. The van der Waals surface area contributed by atoms with Crippen LogP contribution in [0, 0.1) is 12.7 Å². The Bertz CT molecular complexity index is 680. The smallest absolute Gasteiger partial charge is 0.388 e. The van der Waals surface area contributed by atoms with Gasteiger partial charge in [0, 0.05) is 25.1 Å². The molecule has 0 radical (unpaired) electrons. The van der Waals surface area contributed by atoms with Crippen molar-refractivity contribution in [2.24, 2.45) is 0 Å². The lowest BCUT2D eigenvalue weighted by atomic mass is 10.1. The number of amides is 1. The summed E-state index contributed by atoms with van der Waals surface area (Å²) < 4.78 is 41.3. The van der Waals surface area contributed by atoms with Gasteiger partial charge in [0.1, 0.15) is 0 Å². The van der Waals surface area contributed by atoms with Crippen molar-refractivity contribution < 1.29 is 22.7 Å². The zero-order valence-electron chi connectivity index (χ0n) is 11.5. The molecule has 0 bridgehead atoms. The van der Waals surface area contributed by atoms with Crippen molar-refractivity contribution in [3.63, 3.8) is 0 Å². The highest BCUT2D eigenvalue weighted by molar-refractivity contribution is 5.93. The van der Waals surface area contributed by atoms with Gasteiger partial charge in [-0.2, -0.15) is 8.78 Å². The van der Waals surface area contributed by atoms with Gasteiger partial charge in [-0.3, -0.25) is 9.78 Å². The summed E-state index contributed by atoms with van der Waals surface area (Å²) in [6.07, 6.45) is 4.20. The van der Waals surface area contributed by atoms with E-state index in [0.29, 0.717) is 0 Å². The summed E-state index contributed by atoms with van der Waals surface area (Å²) in [4.78, 5) is 19.2. The average Bonchev–Trinajstić information content (AvgIpc) is 2.48. The van der Waals surface area contributed by atoms with Gasteiger partial charge in [0.25, 0.3) is 11.8 Å². The fourth-order valence-electron chi connectivity index (χ4n) is 1.68. The second-order valence-electron chi connectivity index (χ2n) is 4.37. The van der Waals surface area contributed by atoms with Crippen LogP contribution in [0.4, 0.5) is 13.2 Å². The lowest BCUT2D eigenvalue weighted by Crippen LogP contribution is -2.23. The molecule has 2 aromatic rings. The minimum absolute atomic E-state index is 0.0966. The van der Waals surface area contributed by atoms with E-state index in [1.54, 1.807) is 18.5 Å². The van der Waals surface area contributed by atoms with Gasteiger partial charge >= 0.3 is 6.61 Å². The molecule has 0 atom stereocenters. The van der Waals surface area contributed by atoms with Crippen molar-refractivity contribution in [3.05, 3.63) is 53.2 Å². The molecule has 1 N–H and O–H groups in total. The van der Waals surface area contributed by atoms with Crippen LogP contribution in [-0.2, 0) is 6.54 Å². The van der Waals surface area contributed by atoms with Gasteiger partial charge in [-0.05, 0) is 30.2 Å². The fraction of sp³-hybridized carbons (Fsp3) is 0.214. The molecule has 1 amide bonds. The number of aryl methyl sites for hydroxylation is 1. The molecule has 0 spiro atoms. The maximum absolute atomic E-state index is 13.5. The van der Waals surface area contributed by atoms with E-state index >= 15 is 0 Å². The molecule has 2 heterocycles. The van der Waals surface area contributed by atoms with E-state index in [0.717, 1.165) is 23.4 Å². The molecule has 0 aromatic carbocycles. The van der Waals surface area contributed by atoms with Crippen LogP contribution < -0.4 is 10.1 Å². The number of alkyl halides is 2. The van der Waals surface area contributed by atoms with Crippen molar-refractivity contribution in [1.29, 1.82) is 0 Å². The first-order chi connectivity index (χ1) is 10.5. The summed E-state index contributed by atoms with van der Waals surface area (Å²) in [6, 6.07) is 2.58. The molecule has 0 aliphatic rings. The summed E-state index contributed by atoms with van der Waals surface area (Å²) in [5, 5.41) is 2.57. The highest BCUT2D eigenvalue weighted by Gasteiger charge is 2.15. The summed E-state index contributed by atoms with van der Waals surface area (Å²) >= 11 is 0. The number of nitrogens with one attached hydrogen (secondary N) is 1. The minimum atomic E-state index is -3.18. The van der Waals surface area contributed by atoms with Gasteiger partial charge in [-0.25, -0.2) is 9.37 Å². The summed E-state index contributed by atoms with van der Waals surface area (Å²) in [6.45, 7) is -1.12. The Morgan fingerprint density at radius 3 is 2.82 bits per heavy atom. The number of halogens is 3. The van der Waals surface area contributed by atoms with Crippen molar-refractivity contribution >= 4 is 5.91 Å². The van der Waals surface area contributed by atoms with E-state index in [4.69, 9.17) is 0 Å². The Kier molecular flexibility index (Phi) is 4.92. The van der Waals surface area contributed by atoms with Crippen LogP contribution >= 0.6 is 0 Å². The normalized spacial score (nSPS) is 10.6. The number of hydrogen-bond acceptors (Lipinski definition) is 4. The molecule has 8 heteroatoms. The maximum Gasteiger partial charge on any atom is 0.388 e. The number of carbonyl (C=O) groups excluding carboxylic acids is 1. The second-order valence-corrected chi connectivity index (χ2v) is 4.37. The Labute approximate surface area is 124 Å². The van der Waals surface area contributed by atoms with Crippen molar-refractivity contribution in [2.75, 3.05) is 0 Å². The molecule has 0 aliphatic carbocycles. The number of pyridine rings is 2.